The van der Waals surface area contributed by atoms with Crippen LogP contribution in [0.4, 0.5) is 0 Å². The Morgan fingerprint density at radius 3 is 1.91 bits per heavy atom. The van der Waals surface area contributed by atoms with E-state index in [2.05, 4.69) is 57.5 Å². The summed E-state index contributed by atoms with van der Waals surface area (Å²) < 4.78 is 0. The summed E-state index contributed by atoms with van der Waals surface area (Å²) in [6.45, 7) is 6.70. The van der Waals surface area contributed by atoms with Gasteiger partial charge in [-0.3, -0.25) is 52.9 Å². The van der Waals surface area contributed by atoms with Crippen molar-refractivity contribution in [2.75, 3.05) is 32.8 Å². The van der Waals surface area contributed by atoms with Crippen LogP contribution in [0.25, 0.3) is 0 Å². The highest BCUT2D eigenvalue weighted by atomic mass is 16.3. The molecule has 27 nitrogen and oxygen atoms in total. The SMILES string of the molecule is CC(C)C[C@H](NC(=O)[C@H](CO)NC(=O)[C@@H]1CCCN1C(=O)[C@H](C)N)C(=O)NCC(=O)N[C@@H](Cc1ccccc1)C(=O)N[C@@H](Cc1cnc[nH]1)C(=O)NCC(=O)N[C@H](C(=O)N[C@@H](CCCN=C(N)N)C(N)=O)C(C)C. The first-order valence-electron chi connectivity index (χ1n) is 24.4. The fourth-order valence-electron chi connectivity index (χ4n) is 7.80. The van der Waals surface area contributed by atoms with E-state index in [9.17, 15) is 53.1 Å². The molecule has 74 heavy (non-hydrogen) atoms. The molecule has 3 rings (SSSR count). The van der Waals surface area contributed by atoms with Crippen molar-refractivity contribution in [2.45, 2.75) is 128 Å². The van der Waals surface area contributed by atoms with Crippen LogP contribution < -0.4 is 65.5 Å². The number of guanidine groups is 1. The van der Waals surface area contributed by atoms with Crippen molar-refractivity contribution in [3.05, 3.63) is 54.1 Å². The fraction of sp³-hybridized carbons (Fsp3) is 0.574. The van der Waals surface area contributed by atoms with Gasteiger partial charge in [-0.15, -0.1) is 0 Å². The van der Waals surface area contributed by atoms with Gasteiger partial charge >= 0.3 is 0 Å². The number of rotatable bonds is 30. The first kappa shape index (κ1) is 60.6. The van der Waals surface area contributed by atoms with Gasteiger partial charge in [0.15, 0.2) is 5.96 Å². The smallest absolute Gasteiger partial charge is 0.245 e. The number of primary amides is 1. The zero-order valence-electron chi connectivity index (χ0n) is 42.5. The summed E-state index contributed by atoms with van der Waals surface area (Å²) in [4.78, 5) is 145. The van der Waals surface area contributed by atoms with Crippen LogP contribution in [0.2, 0.25) is 0 Å². The quantitative estimate of drug-likeness (QED) is 0.0198. The Balaban J connectivity index is 1.70. The van der Waals surface area contributed by atoms with Gasteiger partial charge in [0, 0.05) is 37.8 Å². The average molecular weight is 1040 g/mol. The molecule has 1 aromatic carbocycles. The number of aromatic amines is 1. The number of benzene rings is 1. The van der Waals surface area contributed by atoms with Crippen LogP contribution in [0.3, 0.4) is 0 Å². The van der Waals surface area contributed by atoms with Crippen LogP contribution in [-0.4, -0.2) is 166 Å². The van der Waals surface area contributed by atoms with Gasteiger partial charge in [-0.05, 0) is 56.4 Å². The third-order valence-corrected chi connectivity index (χ3v) is 11.6. The molecule has 0 radical (unpaired) electrons. The van der Waals surface area contributed by atoms with Crippen molar-refractivity contribution in [2.24, 2.45) is 39.8 Å². The Labute approximate surface area is 429 Å². The van der Waals surface area contributed by atoms with Gasteiger partial charge in [0.05, 0.1) is 32.1 Å². The van der Waals surface area contributed by atoms with E-state index < -0.39 is 133 Å². The molecule has 0 bridgehead atoms. The summed E-state index contributed by atoms with van der Waals surface area (Å²) >= 11 is 0. The molecule has 27 heteroatoms. The van der Waals surface area contributed by atoms with Crippen molar-refractivity contribution >= 4 is 65.0 Å². The number of aliphatic imine (C=N–C) groups is 1. The molecule has 0 unspecified atom stereocenters. The number of H-pyrrole nitrogens is 1. The van der Waals surface area contributed by atoms with Crippen molar-refractivity contribution in [1.29, 1.82) is 0 Å². The normalized spacial score (nSPS) is 16.0. The number of hydrogen-bond donors (Lipinski definition) is 14. The highest BCUT2D eigenvalue weighted by Crippen LogP contribution is 2.19. The van der Waals surface area contributed by atoms with Crippen LogP contribution in [-0.2, 0) is 60.8 Å². The topological polar surface area (TPSA) is 436 Å². The minimum atomic E-state index is -1.49. The summed E-state index contributed by atoms with van der Waals surface area (Å²) in [5, 5.41) is 30.4. The zero-order chi connectivity index (χ0) is 55.1. The minimum absolute atomic E-state index is 0.0724. The van der Waals surface area contributed by atoms with E-state index in [0.717, 1.165) is 0 Å². The van der Waals surface area contributed by atoms with Crippen molar-refractivity contribution in [1.82, 2.24) is 57.4 Å². The highest BCUT2D eigenvalue weighted by Gasteiger charge is 2.38. The number of nitrogens with one attached hydrogen (secondary N) is 9. The van der Waals surface area contributed by atoms with E-state index in [1.165, 1.54) is 24.3 Å². The lowest BCUT2D eigenvalue weighted by Gasteiger charge is -2.28. The number of aliphatic hydroxyl groups excluding tert-OH is 1. The van der Waals surface area contributed by atoms with E-state index in [1.54, 1.807) is 58.0 Å². The molecule has 2 heterocycles. The van der Waals surface area contributed by atoms with Gasteiger partial charge in [0.25, 0.3) is 0 Å². The maximum Gasteiger partial charge on any atom is 0.245 e. The third kappa shape index (κ3) is 20.4. The van der Waals surface area contributed by atoms with E-state index in [4.69, 9.17) is 22.9 Å². The Morgan fingerprint density at radius 2 is 1.34 bits per heavy atom. The number of aromatic nitrogens is 2. The highest BCUT2D eigenvalue weighted by molar-refractivity contribution is 5.98. The van der Waals surface area contributed by atoms with E-state index in [0.29, 0.717) is 37.1 Å². The second-order valence-corrected chi connectivity index (χ2v) is 18.7. The molecular weight excluding hydrogens is 965 g/mol. The molecule has 8 atom stereocenters. The summed E-state index contributed by atoms with van der Waals surface area (Å²) in [5.74, 6) is -8.35. The summed E-state index contributed by atoms with van der Waals surface area (Å²) in [7, 11) is 0. The van der Waals surface area contributed by atoms with E-state index in [-0.39, 0.29) is 44.1 Å². The second kappa shape index (κ2) is 30.4. The predicted octanol–water partition coefficient (Wildman–Crippen LogP) is -5.09. The predicted molar refractivity (Wildman–Crippen MR) is 269 cm³/mol. The molecule has 0 aliphatic carbocycles. The number of likely N-dealkylation sites (tertiary alicyclic amines) is 1. The Bertz CT molecular complexity index is 2260. The largest absolute Gasteiger partial charge is 0.394 e. The van der Waals surface area contributed by atoms with Gasteiger partial charge in [-0.1, -0.05) is 58.0 Å². The Hall–Kier alpha value is -7.68. The van der Waals surface area contributed by atoms with Crippen LogP contribution >= 0.6 is 0 Å². The molecule has 1 aliphatic rings. The van der Waals surface area contributed by atoms with Crippen LogP contribution in [0, 0.1) is 11.8 Å². The molecule has 10 amide bonds. The maximum atomic E-state index is 14.1. The molecule has 1 fully saturated rings. The zero-order valence-corrected chi connectivity index (χ0v) is 42.5. The molecule has 408 valence electrons. The average Bonchev–Trinajstić information content (AvgIpc) is 4.06. The molecule has 1 saturated heterocycles. The van der Waals surface area contributed by atoms with E-state index >= 15 is 0 Å². The third-order valence-electron chi connectivity index (χ3n) is 11.6. The van der Waals surface area contributed by atoms with Crippen molar-refractivity contribution < 1.29 is 53.1 Å². The summed E-state index contributed by atoms with van der Waals surface area (Å²) in [6, 6.07) is -0.827. The molecule has 0 spiro atoms. The number of hydrogen-bond acceptors (Lipinski definition) is 14. The monoisotopic (exact) mass is 1040 g/mol. The number of nitrogens with zero attached hydrogens (tertiary/aromatic N) is 3. The molecule has 2 aromatic rings. The number of nitrogens with two attached hydrogens (primary N) is 4. The minimum Gasteiger partial charge on any atom is -0.394 e. The summed E-state index contributed by atoms with van der Waals surface area (Å²) in [5.41, 5.74) is 23.0. The van der Waals surface area contributed by atoms with Gasteiger partial charge in [-0.2, -0.15) is 0 Å². The molecule has 0 saturated carbocycles. The van der Waals surface area contributed by atoms with Gasteiger partial charge in [-0.25, -0.2) is 4.98 Å². The number of amides is 10. The number of carbonyl (C=O) groups excluding carboxylic acids is 10. The maximum absolute atomic E-state index is 14.1. The lowest BCUT2D eigenvalue weighted by Crippen LogP contribution is -2.59. The van der Waals surface area contributed by atoms with Crippen molar-refractivity contribution in [3.63, 3.8) is 0 Å². The number of aliphatic hydroxyl groups is 1. The standard InChI is InChI=1S/C47H74N16O11/c1-25(2)17-31(59-43(71)34(23-64)61-44(72)35-14-10-16-63(35)46(74)27(5)48)40(68)54-21-36(65)57-32(18-28-11-7-6-8-12-28)42(70)60-33(19-29-20-52-24-56-29)41(69)55-22-37(66)62-38(26(3)4)45(73)58-30(39(49)67)13-9-15-53-47(50)51/h6-8,11-12,20,24-27,30-35,38,64H,9-10,13-19,21-23,48H2,1-5H3,(H2,49,67)(H,52,56)(H,54,68)(H,55,69)(H,57,65)(H,58,73)(H,59,71)(H,60,70)(H,61,72)(H,62,66)(H4,50,51,53)/t27-,30-,31-,32-,33-,34-,35-,38-/m0/s1. The van der Waals surface area contributed by atoms with Gasteiger partial charge in [0.2, 0.25) is 59.1 Å². The lowest BCUT2D eigenvalue weighted by molar-refractivity contribution is -0.140. The molecule has 1 aliphatic heterocycles. The Morgan fingerprint density at radius 1 is 0.743 bits per heavy atom. The lowest BCUT2D eigenvalue weighted by atomic mass is 10.0. The molecular formula is C47H74N16O11. The first-order chi connectivity index (χ1) is 35.0. The number of carbonyl (C=O) groups is 10. The van der Waals surface area contributed by atoms with Gasteiger partial charge in [0.1, 0.15) is 42.3 Å². The summed E-state index contributed by atoms with van der Waals surface area (Å²) in [6.07, 6.45) is 3.91. The van der Waals surface area contributed by atoms with Gasteiger partial charge < -0.3 is 80.5 Å². The second-order valence-electron chi connectivity index (χ2n) is 18.7. The van der Waals surface area contributed by atoms with E-state index in [1.807, 2.05) is 0 Å². The first-order valence-corrected chi connectivity index (χ1v) is 24.4. The fourth-order valence-corrected chi connectivity index (χ4v) is 7.80. The molecule has 18 N–H and O–H groups in total. The Kier molecular flexibility index (Phi) is 24.9. The van der Waals surface area contributed by atoms with Crippen LogP contribution in [0.5, 0.6) is 0 Å². The van der Waals surface area contributed by atoms with Crippen LogP contribution in [0.15, 0.2) is 47.8 Å². The number of imidazole rings is 1. The van der Waals surface area contributed by atoms with Crippen LogP contribution in [0.1, 0.15) is 78.0 Å². The molecule has 1 aromatic heterocycles. The van der Waals surface area contributed by atoms with Crippen molar-refractivity contribution in [3.8, 4) is 0 Å².